The minimum absolute atomic E-state index is 0.364. The quantitative estimate of drug-likeness (QED) is 0.638. The van der Waals surface area contributed by atoms with Gasteiger partial charge in [-0.3, -0.25) is 0 Å². The lowest BCUT2D eigenvalue weighted by Gasteiger charge is -2.16. The molecular weight excluding hydrogens is 246 g/mol. The van der Waals surface area contributed by atoms with Crippen molar-refractivity contribution in [2.45, 2.75) is 26.1 Å². The Bertz CT molecular complexity index is 445. The van der Waals surface area contributed by atoms with Crippen LogP contribution in [0.2, 0.25) is 0 Å². The van der Waals surface area contributed by atoms with Crippen molar-refractivity contribution < 1.29 is 17.6 Å². The van der Waals surface area contributed by atoms with Crippen LogP contribution in [0.5, 0.6) is 0 Å². The summed E-state index contributed by atoms with van der Waals surface area (Å²) in [4.78, 5) is 0. The zero-order valence-electron chi connectivity index (χ0n) is 10.4. The second kappa shape index (κ2) is 5.52. The van der Waals surface area contributed by atoms with Crippen LogP contribution in [0.25, 0.3) is 0 Å². The molecule has 1 nitrogen and oxygen atoms in total. The van der Waals surface area contributed by atoms with Crippen molar-refractivity contribution in [2.75, 3.05) is 7.05 Å². The molecule has 0 saturated heterocycles. The molecule has 0 aliphatic rings. The lowest BCUT2D eigenvalue weighted by atomic mass is 10.0. The predicted octanol–water partition coefficient (Wildman–Crippen LogP) is 4.07. The van der Waals surface area contributed by atoms with Crippen LogP contribution < -0.4 is 5.32 Å². The lowest BCUT2D eigenvalue weighted by molar-refractivity contribution is -0.140. The van der Waals surface area contributed by atoms with E-state index in [2.05, 4.69) is 5.32 Å². The van der Waals surface area contributed by atoms with Gasteiger partial charge in [0, 0.05) is 0 Å². The number of nitrogens with one attached hydrogen (secondary N) is 1. The summed E-state index contributed by atoms with van der Waals surface area (Å²) in [5.41, 5.74) is 0.113. The third kappa shape index (κ3) is 3.57. The van der Waals surface area contributed by atoms with E-state index in [1.54, 1.807) is 13.1 Å². The van der Waals surface area contributed by atoms with Crippen LogP contribution in [-0.4, -0.2) is 7.05 Å². The van der Waals surface area contributed by atoms with E-state index >= 15 is 0 Å². The molecule has 0 aliphatic heterocycles. The first kappa shape index (κ1) is 14.7. The molecule has 0 spiro atoms. The first-order chi connectivity index (χ1) is 8.25. The monoisotopic (exact) mass is 261 g/mol. The highest BCUT2D eigenvalue weighted by molar-refractivity contribution is 5.32. The molecule has 0 heterocycles. The van der Waals surface area contributed by atoms with Crippen molar-refractivity contribution in [3.8, 4) is 0 Å². The van der Waals surface area contributed by atoms with Crippen LogP contribution in [0.15, 0.2) is 29.8 Å². The minimum Gasteiger partial charge on any atom is -0.310 e. The number of hydrogen-bond acceptors (Lipinski definition) is 1. The SMILES string of the molecule is CNC(C=C(C)C)c1ccc(F)c(C(F)(F)F)c1. The summed E-state index contributed by atoms with van der Waals surface area (Å²) >= 11 is 0. The van der Waals surface area contributed by atoms with Gasteiger partial charge in [0.25, 0.3) is 0 Å². The standard InChI is InChI=1S/C13H15F4N/c1-8(2)6-12(18-3)9-4-5-11(14)10(7-9)13(15,16)17/h4-7,12,18H,1-3H3. The number of allylic oxidation sites excluding steroid dienone is 1. The number of alkyl halides is 3. The van der Waals surface area contributed by atoms with E-state index in [0.717, 1.165) is 17.7 Å². The van der Waals surface area contributed by atoms with Crippen LogP contribution >= 0.6 is 0 Å². The molecule has 100 valence electrons. The Kier molecular flexibility index (Phi) is 4.51. The molecule has 0 saturated carbocycles. The summed E-state index contributed by atoms with van der Waals surface area (Å²) in [7, 11) is 1.64. The number of benzene rings is 1. The highest BCUT2D eigenvalue weighted by Crippen LogP contribution is 2.33. The fourth-order valence-corrected chi connectivity index (χ4v) is 1.63. The summed E-state index contributed by atoms with van der Waals surface area (Å²) in [6, 6.07) is 2.68. The van der Waals surface area contributed by atoms with E-state index in [1.807, 2.05) is 13.8 Å². The van der Waals surface area contributed by atoms with Crippen LogP contribution in [0, 0.1) is 5.82 Å². The Labute approximate surface area is 104 Å². The molecule has 5 heteroatoms. The van der Waals surface area contributed by atoms with Gasteiger partial charge in [0.1, 0.15) is 5.82 Å². The maximum atomic E-state index is 13.1. The van der Waals surface area contributed by atoms with Crippen LogP contribution in [0.3, 0.4) is 0 Å². The van der Waals surface area contributed by atoms with Crippen molar-refractivity contribution in [1.82, 2.24) is 5.32 Å². The van der Waals surface area contributed by atoms with Gasteiger partial charge in [0.15, 0.2) is 0 Å². The topological polar surface area (TPSA) is 12.0 Å². The maximum absolute atomic E-state index is 13.1. The molecule has 0 aliphatic carbocycles. The third-order valence-electron chi connectivity index (χ3n) is 2.47. The van der Waals surface area contributed by atoms with Crippen LogP contribution in [0.4, 0.5) is 17.6 Å². The summed E-state index contributed by atoms with van der Waals surface area (Å²) in [5, 5.41) is 2.88. The minimum atomic E-state index is -4.68. The molecule has 1 atom stereocenters. The Hall–Kier alpha value is -1.36. The van der Waals surface area contributed by atoms with E-state index < -0.39 is 17.6 Å². The van der Waals surface area contributed by atoms with E-state index in [1.165, 1.54) is 6.07 Å². The molecule has 0 aromatic heterocycles. The van der Waals surface area contributed by atoms with Gasteiger partial charge >= 0.3 is 6.18 Å². The molecule has 1 aromatic rings. The van der Waals surface area contributed by atoms with Gasteiger partial charge in [0.05, 0.1) is 11.6 Å². The second-order valence-electron chi connectivity index (χ2n) is 4.25. The molecule has 1 N–H and O–H groups in total. The Morgan fingerprint density at radius 3 is 2.33 bits per heavy atom. The molecule has 18 heavy (non-hydrogen) atoms. The van der Waals surface area contributed by atoms with E-state index in [9.17, 15) is 17.6 Å². The molecule has 0 radical (unpaired) electrons. The van der Waals surface area contributed by atoms with Gasteiger partial charge in [-0.05, 0) is 38.6 Å². The van der Waals surface area contributed by atoms with Crippen molar-refractivity contribution in [3.63, 3.8) is 0 Å². The van der Waals surface area contributed by atoms with Crippen molar-refractivity contribution in [2.24, 2.45) is 0 Å². The summed E-state index contributed by atoms with van der Waals surface area (Å²) in [6.07, 6.45) is -2.89. The van der Waals surface area contributed by atoms with E-state index in [4.69, 9.17) is 0 Å². The first-order valence-corrected chi connectivity index (χ1v) is 5.44. The molecular formula is C13H15F4N. The number of likely N-dealkylation sites (N-methyl/N-ethyl adjacent to an activating group) is 1. The average Bonchev–Trinajstić information content (AvgIpc) is 2.25. The van der Waals surface area contributed by atoms with E-state index in [-0.39, 0.29) is 6.04 Å². The third-order valence-corrected chi connectivity index (χ3v) is 2.47. The van der Waals surface area contributed by atoms with Crippen molar-refractivity contribution in [1.29, 1.82) is 0 Å². The fraction of sp³-hybridized carbons (Fsp3) is 0.385. The second-order valence-corrected chi connectivity index (χ2v) is 4.25. The summed E-state index contributed by atoms with van der Waals surface area (Å²) in [5.74, 6) is -1.25. The van der Waals surface area contributed by atoms with E-state index in [0.29, 0.717) is 5.56 Å². The molecule has 0 fully saturated rings. The molecule has 1 aromatic carbocycles. The highest BCUT2D eigenvalue weighted by atomic mass is 19.4. The summed E-state index contributed by atoms with van der Waals surface area (Å²) < 4.78 is 50.9. The number of hydrogen-bond donors (Lipinski definition) is 1. The lowest BCUT2D eigenvalue weighted by Crippen LogP contribution is -2.16. The molecule has 0 bridgehead atoms. The van der Waals surface area contributed by atoms with Gasteiger partial charge in [-0.15, -0.1) is 0 Å². The molecule has 0 amide bonds. The van der Waals surface area contributed by atoms with Crippen molar-refractivity contribution >= 4 is 0 Å². The predicted molar refractivity (Wildman–Crippen MR) is 62.6 cm³/mol. The zero-order valence-corrected chi connectivity index (χ0v) is 10.4. The largest absolute Gasteiger partial charge is 0.419 e. The summed E-state index contributed by atoms with van der Waals surface area (Å²) in [6.45, 7) is 3.69. The maximum Gasteiger partial charge on any atom is 0.419 e. The van der Waals surface area contributed by atoms with Gasteiger partial charge in [-0.1, -0.05) is 17.7 Å². The number of rotatable bonds is 3. The van der Waals surface area contributed by atoms with Crippen LogP contribution in [0.1, 0.15) is 31.0 Å². The molecule has 1 unspecified atom stereocenters. The first-order valence-electron chi connectivity index (χ1n) is 5.44. The van der Waals surface area contributed by atoms with Gasteiger partial charge in [-0.2, -0.15) is 13.2 Å². The highest BCUT2D eigenvalue weighted by Gasteiger charge is 2.34. The zero-order chi connectivity index (χ0) is 13.9. The van der Waals surface area contributed by atoms with Gasteiger partial charge in [0.2, 0.25) is 0 Å². The fourth-order valence-electron chi connectivity index (χ4n) is 1.63. The molecule has 1 rings (SSSR count). The van der Waals surface area contributed by atoms with Crippen LogP contribution in [-0.2, 0) is 6.18 Å². The van der Waals surface area contributed by atoms with Gasteiger partial charge in [-0.25, -0.2) is 4.39 Å². The van der Waals surface area contributed by atoms with Crippen molar-refractivity contribution in [3.05, 3.63) is 46.8 Å². The Morgan fingerprint density at radius 1 is 1.28 bits per heavy atom. The normalized spacial score (nSPS) is 13.3. The smallest absolute Gasteiger partial charge is 0.310 e. The Morgan fingerprint density at radius 2 is 1.89 bits per heavy atom. The number of halogens is 4. The van der Waals surface area contributed by atoms with Gasteiger partial charge < -0.3 is 5.32 Å². The Balaban J connectivity index is 3.23. The average molecular weight is 261 g/mol.